The number of hydrogen-bond donors (Lipinski definition) is 1. The van der Waals surface area contributed by atoms with Crippen LogP contribution < -0.4 is 10.9 Å². The van der Waals surface area contributed by atoms with Gasteiger partial charge in [-0.25, -0.2) is 4.98 Å². The summed E-state index contributed by atoms with van der Waals surface area (Å²) in [5.74, 6) is 1.02. The molecule has 1 aromatic rings. The molecule has 1 N–H and O–H groups in total. The van der Waals surface area contributed by atoms with Gasteiger partial charge in [0.25, 0.3) is 5.56 Å². The summed E-state index contributed by atoms with van der Waals surface area (Å²) in [5, 5.41) is 3.16. The van der Waals surface area contributed by atoms with Crippen molar-refractivity contribution in [2.75, 3.05) is 19.6 Å². The van der Waals surface area contributed by atoms with E-state index in [1.165, 1.54) is 0 Å². The summed E-state index contributed by atoms with van der Waals surface area (Å²) >= 11 is 0. The Morgan fingerprint density at radius 2 is 1.92 bits per heavy atom. The zero-order valence-electron chi connectivity index (χ0n) is 16.1. The SMILES string of the molecule is CC(C)c1cc(=O)n(CC2CCN(CC3CCCCC(=O)N3)CC2)cn1. The summed E-state index contributed by atoms with van der Waals surface area (Å²) in [5.41, 5.74) is 0.929. The molecule has 0 bridgehead atoms. The molecule has 2 aliphatic heterocycles. The van der Waals surface area contributed by atoms with Crippen molar-refractivity contribution in [2.24, 2.45) is 5.92 Å². The van der Waals surface area contributed by atoms with Gasteiger partial charge in [0.1, 0.15) is 0 Å². The number of carbonyl (C=O) groups is 1. The fourth-order valence-electron chi connectivity index (χ4n) is 4.02. The van der Waals surface area contributed by atoms with Crippen molar-refractivity contribution < 1.29 is 4.79 Å². The van der Waals surface area contributed by atoms with E-state index in [-0.39, 0.29) is 17.4 Å². The standard InChI is InChI=1S/C20H32N4O2/c1-15(2)18-11-20(26)24(14-21-18)12-16-7-9-23(10-8-16)13-17-5-3-4-6-19(25)22-17/h11,14-17H,3-10,12-13H2,1-2H3,(H,22,25). The highest BCUT2D eigenvalue weighted by atomic mass is 16.1. The largest absolute Gasteiger partial charge is 0.352 e. The molecule has 0 aliphatic carbocycles. The van der Waals surface area contributed by atoms with Gasteiger partial charge in [0.15, 0.2) is 0 Å². The van der Waals surface area contributed by atoms with E-state index in [9.17, 15) is 9.59 Å². The predicted octanol–water partition coefficient (Wildman–Crippen LogP) is 2.14. The van der Waals surface area contributed by atoms with Crippen molar-refractivity contribution in [3.8, 4) is 0 Å². The summed E-state index contributed by atoms with van der Waals surface area (Å²) in [6.07, 6.45) is 7.83. The van der Waals surface area contributed by atoms with Gasteiger partial charge in [-0.1, -0.05) is 20.3 Å². The molecule has 144 valence electrons. The first-order chi connectivity index (χ1) is 12.5. The van der Waals surface area contributed by atoms with Crippen LogP contribution in [-0.2, 0) is 11.3 Å². The minimum Gasteiger partial charge on any atom is -0.352 e. The zero-order valence-corrected chi connectivity index (χ0v) is 16.1. The number of aromatic nitrogens is 2. The smallest absolute Gasteiger partial charge is 0.253 e. The lowest BCUT2D eigenvalue weighted by Crippen LogP contribution is -2.45. The molecular weight excluding hydrogens is 328 g/mol. The molecule has 2 saturated heterocycles. The normalized spacial score (nSPS) is 23.0. The first kappa shape index (κ1) is 19.1. The van der Waals surface area contributed by atoms with Crippen LogP contribution in [-0.4, -0.2) is 46.0 Å². The van der Waals surface area contributed by atoms with Crippen LogP contribution in [0, 0.1) is 5.92 Å². The van der Waals surface area contributed by atoms with Crippen LogP contribution in [0.5, 0.6) is 0 Å². The molecule has 0 saturated carbocycles. The van der Waals surface area contributed by atoms with Gasteiger partial charge in [-0.05, 0) is 50.6 Å². The van der Waals surface area contributed by atoms with Gasteiger partial charge in [-0.3, -0.25) is 14.2 Å². The maximum Gasteiger partial charge on any atom is 0.253 e. The summed E-state index contributed by atoms with van der Waals surface area (Å²) < 4.78 is 1.76. The number of hydrogen-bond acceptors (Lipinski definition) is 4. The Balaban J connectivity index is 1.48. The summed E-state index contributed by atoms with van der Waals surface area (Å²) in [6.45, 7) is 7.92. The van der Waals surface area contributed by atoms with Crippen molar-refractivity contribution in [2.45, 2.75) is 70.9 Å². The second-order valence-electron chi connectivity index (χ2n) is 8.21. The molecule has 2 fully saturated rings. The molecule has 1 atom stereocenters. The third-order valence-corrected chi connectivity index (χ3v) is 5.70. The molecule has 1 aromatic heterocycles. The summed E-state index contributed by atoms with van der Waals surface area (Å²) in [7, 11) is 0. The lowest BCUT2D eigenvalue weighted by atomic mass is 9.96. The molecule has 1 amide bonds. The van der Waals surface area contributed by atoms with Gasteiger partial charge >= 0.3 is 0 Å². The highest BCUT2D eigenvalue weighted by molar-refractivity contribution is 5.76. The quantitative estimate of drug-likeness (QED) is 0.874. The number of nitrogens with zero attached hydrogens (tertiary/aromatic N) is 3. The predicted molar refractivity (Wildman–Crippen MR) is 102 cm³/mol. The molecule has 0 aromatic carbocycles. The first-order valence-corrected chi connectivity index (χ1v) is 10.1. The number of carbonyl (C=O) groups excluding carboxylic acids is 1. The summed E-state index contributed by atoms with van der Waals surface area (Å²) in [4.78, 5) is 30.9. The third-order valence-electron chi connectivity index (χ3n) is 5.70. The van der Waals surface area contributed by atoms with Crippen molar-refractivity contribution >= 4 is 5.91 Å². The van der Waals surface area contributed by atoms with Crippen LogP contribution in [0.3, 0.4) is 0 Å². The number of rotatable bonds is 5. The molecule has 1 unspecified atom stereocenters. The van der Waals surface area contributed by atoms with E-state index in [1.807, 2.05) is 0 Å². The molecule has 3 heterocycles. The van der Waals surface area contributed by atoms with Crippen LogP contribution in [0.1, 0.15) is 64.0 Å². The van der Waals surface area contributed by atoms with Gasteiger partial charge in [0.05, 0.1) is 12.0 Å². The third kappa shape index (κ3) is 5.16. The van der Waals surface area contributed by atoms with Gasteiger partial charge in [0, 0.05) is 31.6 Å². The van der Waals surface area contributed by atoms with Gasteiger partial charge in [-0.15, -0.1) is 0 Å². The van der Waals surface area contributed by atoms with E-state index in [2.05, 4.69) is 29.0 Å². The van der Waals surface area contributed by atoms with Gasteiger partial charge in [0.2, 0.25) is 5.91 Å². The maximum absolute atomic E-state index is 12.3. The highest BCUT2D eigenvalue weighted by Gasteiger charge is 2.24. The van der Waals surface area contributed by atoms with Crippen LogP contribution in [0.2, 0.25) is 0 Å². The van der Waals surface area contributed by atoms with Crippen LogP contribution in [0.4, 0.5) is 0 Å². The zero-order chi connectivity index (χ0) is 18.5. The Labute approximate surface area is 156 Å². The topological polar surface area (TPSA) is 67.2 Å². The van der Waals surface area contributed by atoms with Crippen molar-refractivity contribution in [3.63, 3.8) is 0 Å². The second kappa shape index (κ2) is 8.80. The number of amides is 1. The van der Waals surface area contributed by atoms with E-state index >= 15 is 0 Å². The molecule has 0 radical (unpaired) electrons. The minimum atomic E-state index is 0.0623. The number of nitrogens with one attached hydrogen (secondary N) is 1. The van der Waals surface area contributed by atoms with E-state index < -0.39 is 0 Å². The first-order valence-electron chi connectivity index (χ1n) is 10.1. The second-order valence-corrected chi connectivity index (χ2v) is 8.21. The van der Waals surface area contributed by atoms with E-state index in [0.29, 0.717) is 18.4 Å². The molecule has 3 rings (SSSR count). The Hall–Kier alpha value is -1.69. The molecule has 2 aliphatic rings. The van der Waals surface area contributed by atoms with Gasteiger partial charge in [-0.2, -0.15) is 0 Å². The average molecular weight is 361 g/mol. The van der Waals surface area contributed by atoms with Crippen LogP contribution in [0.25, 0.3) is 0 Å². The van der Waals surface area contributed by atoms with Crippen molar-refractivity contribution in [3.05, 3.63) is 28.4 Å². The monoisotopic (exact) mass is 360 g/mol. The van der Waals surface area contributed by atoms with Gasteiger partial charge < -0.3 is 10.2 Å². The molecule has 6 nitrogen and oxygen atoms in total. The number of piperidine rings is 1. The van der Waals surface area contributed by atoms with Crippen molar-refractivity contribution in [1.82, 2.24) is 19.8 Å². The Morgan fingerprint density at radius 3 is 2.62 bits per heavy atom. The van der Waals surface area contributed by atoms with Crippen molar-refractivity contribution in [1.29, 1.82) is 0 Å². The Bertz CT molecular complexity index is 662. The molecule has 0 spiro atoms. The van der Waals surface area contributed by atoms with E-state index in [1.54, 1.807) is 17.0 Å². The lowest BCUT2D eigenvalue weighted by Gasteiger charge is -2.34. The minimum absolute atomic E-state index is 0.0623. The molecule has 26 heavy (non-hydrogen) atoms. The highest BCUT2D eigenvalue weighted by Crippen LogP contribution is 2.20. The fourth-order valence-corrected chi connectivity index (χ4v) is 4.02. The van der Waals surface area contributed by atoms with E-state index in [4.69, 9.17) is 0 Å². The maximum atomic E-state index is 12.3. The van der Waals surface area contributed by atoms with Crippen LogP contribution >= 0.6 is 0 Å². The lowest BCUT2D eigenvalue weighted by molar-refractivity contribution is -0.121. The summed E-state index contributed by atoms with van der Waals surface area (Å²) in [6, 6.07) is 1.98. The average Bonchev–Trinajstić information content (AvgIpc) is 2.82. The van der Waals surface area contributed by atoms with Crippen LogP contribution in [0.15, 0.2) is 17.2 Å². The molecular formula is C20H32N4O2. The Kier molecular flexibility index (Phi) is 6.46. The number of likely N-dealkylation sites (tertiary alicyclic amines) is 1. The molecule has 6 heteroatoms. The van der Waals surface area contributed by atoms with E-state index in [0.717, 1.165) is 64.0 Å². The fraction of sp³-hybridized carbons (Fsp3) is 0.750. The Morgan fingerprint density at radius 1 is 1.15 bits per heavy atom.